The molecule has 0 spiro atoms. The zero-order valence-electron chi connectivity index (χ0n) is 10.9. The van der Waals surface area contributed by atoms with Crippen LogP contribution in [0.5, 0.6) is 0 Å². The first-order valence-corrected chi connectivity index (χ1v) is 6.43. The molecule has 19 heavy (non-hydrogen) atoms. The number of benzene rings is 1. The average Bonchev–Trinajstić information content (AvgIpc) is 3.19. The first kappa shape index (κ1) is 13.4. The van der Waals surface area contributed by atoms with E-state index >= 15 is 0 Å². The third-order valence-electron chi connectivity index (χ3n) is 3.16. The number of aromatic carboxylic acids is 1. The van der Waals surface area contributed by atoms with Gasteiger partial charge in [-0.1, -0.05) is 0 Å². The molecule has 1 aromatic carbocycles. The van der Waals surface area contributed by atoms with Gasteiger partial charge in [-0.25, -0.2) is 4.79 Å². The van der Waals surface area contributed by atoms with E-state index in [-0.39, 0.29) is 17.4 Å². The number of hydrogen-bond donors (Lipinski definition) is 3. The number of amides is 1. The maximum atomic E-state index is 11.4. The SMILES string of the molecule is Cc1cc(C(=O)O)ccc1NCCNC(=O)C1CC1. The molecule has 1 fully saturated rings. The first-order valence-electron chi connectivity index (χ1n) is 6.43. The fourth-order valence-corrected chi connectivity index (χ4v) is 1.87. The Morgan fingerprint density at radius 3 is 2.63 bits per heavy atom. The Bertz CT molecular complexity index is 495. The molecular formula is C14H18N2O3. The number of carboxylic acid groups (broad SMARTS) is 1. The maximum absolute atomic E-state index is 11.4. The largest absolute Gasteiger partial charge is 0.478 e. The van der Waals surface area contributed by atoms with Crippen LogP contribution in [0.2, 0.25) is 0 Å². The molecular weight excluding hydrogens is 244 g/mol. The maximum Gasteiger partial charge on any atom is 0.335 e. The highest BCUT2D eigenvalue weighted by Gasteiger charge is 2.28. The average molecular weight is 262 g/mol. The number of aryl methyl sites for hydroxylation is 1. The number of hydrogen-bond acceptors (Lipinski definition) is 3. The number of nitrogens with one attached hydrogen (secondary N) is 2. The molecule has 0 radical (unpaired) electrons. The van der Waals surface area contributed by atoms with Gasteiger partial charge in [0, 0.05) is 24.7 Å². The predicted molar refractivity (Wildman–Crippen MR) is 72.4 cm³/mol. The molecule has 1 aliphatic carbocycles. The summed E-state index contributed by atoms with van der Waals surface area (Å²) >= 11 is 0. The third kappa shape index (κ3) is 3.71. The van der Waals surface area contributed by atoms with Crippen LogP contribution in [0, 0.1) is 12.8 Å². The highest BCUT2D eigenvalue weighted by Crippen LogP contribution is 2.28. The lowest BCUT2D eigenvalue weighted by molar-refractivity contribution is -0.122. The Balaban J connectivity index is 1.79. The first-order chi connectivity index (χ1) is 9.08. The summed E-state index contributed by atoms with van der Waals surface area (Å²) < 4.78 is 0. The standard InChI is InChI=1S/C14H18N2O3/c1-9-8-11(14(18)19)4-5-12(9)15-6-7-16-13(17)10-2-3-10/h4-5,8,10,15H,2-3,6-7H2,1H3,(H,16,17)(H,18,19). The summed E-state index contributed by atoms with van der Waals surface area (Å²) in [5.74, 6) is -0.553. The van der Waals surface area contributed by atoms with Crippen molar-refractivity contribution in [3.05, 3.63) is 29.3 Å². The van der Waals surface area contributed by atoms with Crippen molar-refractivity contribution in [2.75, 3.05) is 18.4 Å². The summed E-state index contributed by atoms with van der Waals surface area (Å²) in [6.45, 7) is 3.07. The Kier molecular flexibility index (Phi) is 4.04. The molecule has 0 aliphatic heterocycles. The molecule has 0 aromatic heterocycles. The molecule has 0 bridgehead atoms. The monoisotopic (exact) mass is 262 g/mol. The summed E-state index contributed by atoms with van der Waals surface area (Å²) in [5, 5.41) is 14.9. The lowest BCUT2D eigenvalue weighted by atomic mass is 10.1. The van der Waals surface area contributed by atoms with Crippen LogP contribution in [-0.4, -0.2) is 30.1 Å². The topological polar surface area (TPSA) is 78.4 Å². The molecule has 0 unspecified atom stereocenters. The van der Waals surface area contributed by atoms with Gasteiger partial charge in [-0.3, -0.25) is 4.79 Å². The summed E-state index contributed by atoms with van der Waals surface area (Å²) in [4.78, 5) is 22.2. The summed E-state index contributed by atoms with van der Waals surface area (Å²) in [7, 11) is 0. The van der Waals surface area contributed by atoms with Crippen LogP contribution in [-0.2, 0) is 4.79 Å². The van der Waals surface area contributed by atoms with E-state index in [2.05, 4.69) is 10.6 Å². The Hall–Kier alpha value is -2.04. The van der Waals surface area contributed by atoms with E-state index in [1.54, 1.807) is 18.2 Å². The fourth-order valence-electron chi connectivity index (χ4n) is 1.87. The minimum Gasteiger partial charge on any atom is -0.478 e. The zero-order valence-corrected chi connectivity index (χ0v) is 10.9. The highest BCUT2D eigenvalue weighted by atomic mass is 16.4. The van der Waals surface area contributed by atoms with Gasteiger partial charge < -0.3 is 15.7 Å². The molecule has 1 saturated carbocycles. The lowest BCUT2D eigenvalue weighted by Gasteiger charge is -2.10. The van der Waals surface area contributed by atoms with Gasteiger partial charge >= 0.3 is 5.97 Å². The van der Waals surface area contributed by atoms with Crippen molar-refractivity contribution in [3.8, 4) is 0 Å². The van der Waals surface area contributed by atoms with Gasteiger partial charge in [-0.05, 0) is 43.5 Å². The van der Waals surface area contributed by atoms with Gasteiger partial charge in [0.25, 0.3) is 0 Å². The highest BCUT2D eigenvalue weighted by molar-refractivity contribution is 5.88. The Morgan fingerprint density at radius 1 is 1.32 bits per heavy atom. The van der Waals surface area contributed by atoms with Gasteiger partial charge in [0.05, 0.1) is 5.56 Å². The predicted octanol–water partition coefficient (Wildman–Crippen LogP) is 1.63. The number of carbonyl (C=O) groups excluding carboxylic acids is 1. The van der Waals surface area contributed by atoms with Gasteiger partial charge in [-0.15, -0.1) is 0 Å². The van der Waals surface area contributed by atoms with Crippen LogP contribution in [0.3, 0.4) is 0 Å². The minimum atomic E-state index is -0.925. The van der Waals surface area contributed by atoms with Crippen molar-refractivity contribution in [2.24, 2.45) is 5.92 Å². The molecule has 0 atom stereocenters. The van der Waals surface area contributed by atoms with Crippen molar-refractivity contribution in [3.63, 3.8) is 0 Å². The van der Waals surface area contributed by atoms with E-state index in [1.165, 1.54) is 0 Å². The molecule has 0 heterocycles. The lowest BCUT2D eigenvalue weighted by Crippen LogP contribution is -2.29. The fraction of sp³-hybridized carbons (Fsp3) is 0.429. The van der Waals surface area contributed by atoms with Crippen LogP contribution in [0.4, 0.5) is 5.69 Å². The summed E-state index contributed by atoms with van der Waals surface area (Å²) in [6, 6.07) is 4.95. The van der Waals surface area contributed by atoms with E-state index in [0.717, 1.165) is 24.1 Å². The number of anilines is 1. The minimum absolute atomic E-state index is 0.139. The summed E-state index contributed by atoms with van der Waals surface area (Å²) in [6.07, 6.45) is 2.02. The number of carboxylic acids is 1. The van der Waals surface area contributed by atoms with E-state index in [1.807, 2.05) is 6.92 Å². The van der Waals surface area contributed by atoms with Crippen molar-refractivity contribution >= 4 is 17.6 Å². The smallest absolute Gasteiger partial charge is 0.335 e. The van der Waals surface area contributed by atoms with Crippen LogP contribution in [0.15, 0.2) is 18.2 Å². The van der Waals surface area contributed by atoms with Crippen molar-refractivity contribution < 1.29 is 14.7 Å². The molecule has 102 valence electrons. The second-order valence-corrected chi connectivity index (χ2v) is 4.83. The molecule has 3 N–H and O–H groups in total. The van der Waals surface area contributed by atoms with Gasteiger partial charge in [-0.2, -0.15) is 0 Å². The van der Waals surface area contributed by atoms with Crippen LogP contribution < -0.4 is 10.6 Å². The molecule has 2 rings (SSSR count). The number of rotatable bonds is 6. The van der Waals surface area contributed by atoms with Crippen molar-refractivity contribution in [2.45, 2.75) is 19.8 Å². The second kappa shape index (κ2) is 5.73. The molecule has 1 amide bonds. The molecule has 5 nitrogen and oxygen atoms in total. The quantitative estimate of drug-likeness (QED) is 0.681. The van der Waals surface area contributed by atoms with E-state index < -0.39 is 5.97 Å². The van der Waals surface area contributed by atoms with E-state index in [9.17, 15) is 9.59 Å². The van der Waals surface area contributed by atoms with Gasteiger partial charge in [0.15, 0.2) is 0 Å². The molecule has 1 aliphatic rings. The van der Waals surface area contributed by atoms with Crippen molar-refractivity contribution in [1.29, 1.82) is 0 Å². The molecule has 0 saturated heterocycles. The third-order valence-corrected chi connectivity index (χ3v) is 3.16. The van der Waals surface area contributed by atoms with E-state index in [0.29, 0.717) is 13.1 Å². The summed E-state index contributed by atoms with van der Waals surface area (Å²) in [5.41, 5.74) is 2.06. The second-order valence-electron chi connectivity index (χ2n) is 4.83. The molecule has 1 aromatic rings. The van der Waals surface area contributed by atoms with Crippen LogP contribution in [0.1, 0.15) is 28.8 Å². The van der Waals surface area contributed by atoms with E-state index in [4.69, 9.17) is 5.11 Å². The van der Waals surface area contributed by atoms with Gasteiger partial charge in [0.1, 0.15) is 0 Å². The number of carbonyl (C=O) groups is 2. The Labute approximate surface area is 112 Å². The van der Waals surface area contributed by atoms with Crippen molar-refractivity contribution in [1.82, 2.24) is 5.32 Å². The van der Waals surface area contributed by atoms with Crippen LogP contribution in [0.25, 0.3) is 0 Å². The normalized spacial score (nSPS) is 13.9. The Morgan fingerprint density at radius 2 is 2.05 bits per heavy atom. The van der Waals surface area contributed by atoms with Crippen LogP contribution >= 0.6 is 0 Å². The van der Waals surface area contributed by atoms with Gasteiger partial charge in [0.2, 0.25) is 5.91 Å². The molecule has 5 heteroatoms. The zero-order chi connectivity index (χ0) is 13.8.